The first-order valence-corrected chi connectivity index (χ1v) is 11.9. The molecule has 198 valence electrons. The van der Waals surface area contributed by atoms with Gasteiger partial charge in [-0.1, -0.05) is 0 Å². The first kappa shape index (κ1) is 30.6. The fraction of sp³-hybridized carbons (Fsp3) is 0.556. The molecule has 36 heavy (non-hydrogen) atoms. The standard InChI is InChI=1S/C27H35FO8/c1-5-34-26(32)27(20(2)29,17-9-7-6-8-12-25(31)33-4)18-10-11-24(36-21(3)30)19-35-23-15-13-22(28)14-16-23/h13-16,24H,5-6,8,10-12,17-19H2,1-4H3. The van der Waals surface area contributed by atoms with Gasteiger partial charge in [0, 0.05) is 26.2 Å². The quantitative estimate of drug-likeness (QED) is 0.115. The molecule has 2 unspecified atom stereocenters. The smallest absolute Gasteiger partial charge is 0.320 e. The first-order valence-electron chi connectivity index (χ1n) is 11.9. The number of hydrogen-bond donors (Lipinski definition) is 0. The Hall–Kier alpha value is -3.41. The topological polar surface area (TPSA) is 105 Å². The van der Waals surface area contributed by atoms with Gasteiger partial charge in [-0.25, -0.2) is 4.39 Å². The monoisotopic (exact) mass is 506 g/mol. The van der Waals surface area contributed by atoms with Crippen LogP contribution < -0.4 is 4.74 Å². The van der Waals surface area contributed by atoms with E-state index in [1.807, 2.05) is 0 Å². The Balaban J connectivity index is 2.85. The zero-order valence-corrected chi connectivity index (χ0v) is 21.4. The van der Waals surface area contributed by atoms with Gasteiger partial charge in [-0.15, -0.1) is 11.8 Å². The van der Waals surface area contributed by atoms with Gasteiger partial charge in [-0.05, 0) is 63.8 Å². The van der Waals surface area contributed by atoms with Crippen LogP contribution in [0.1, 0.15) is 65.7 Å². The highest BCUT2D eigenvalue weighted by Crippen LogP contribution is 2.32. The van der Waals surface area contributed by atoms with Gasteiger partial charge in [0.15, 0.2) is 0 Å². The minimum Gasteiger partial charge on any atom is -0.490 e. The number of ketones is 1. The van der Waals surface area contributed by atoms with E-state index < -0.39 is 29.3 Å². The molecule has 0 amide bonds. The van der Waals surface area contributed by atoms with Gasteiger partial charge in [0.1, 0.15) is 35.5 Å². The molecular weight excluding hydrogens is 471 g/mol. The van der Waals surface area contributed by atoms with Crippen molar-refractivity contribution in [1.29, 1.82) is 0 Å². The molecule has 0 N–H and O–H groups in total. The Bertz CT molecular complexity index is 931. The Kier molecular flexibility index (Phi) is 13.9. The molecule has 0 aromatic heterocycles. The third-order valence-corrected chi connectivity index (χ3v) is 5.48. The highest BCUT2D eigenvalue weighted by molar-refractivity contribution is 6.03. The van der Waals surface area contributed by atoms with Crippen molar-refractivity contribution in [1.82, 2.24) is 0 Å². The normalized spacial score (nSPS) is 12.8. The van der Waals surface area contributed by atoms with Crippen molar-refractivity contribution in [2.24, 2.45) is 5.41 Å². The molecule has 0 saturated heterocycles. The third kappa shape index (κ3) is 10.9. The summed E-state index contributed by atoms with van der Waals surface area (Å²) < 4.78 is 33.8. The lowest BCUT2D eigenvalue weighted by molar-refractivity contribution is -0.160. The van der Waals surface area contributed by atoms with Crippen molar-refractivity contribution >= 4 is 23.7 Å². The largest absolute Gasteiger partial charge is 0.490 e. The number of rotatable bonds is 15. The summed E-state index contributed by atoms with van der Waals surface area (Å²) in [5.74, 6) is 3.99. The van der Waals surface area contributed by atoms with Crippen LogP contribution >= 0.6 is 0 Å². The summed E-state index contributed by atoms with van der Waals surface area (Å²) in [5.41, 5.74) is -1.45. The molecule has 2 atom stereocenters. The van der Waals surface area contributed by atoms with Gasteiger partial charge in [0.05, 0.1) is 13.7 Å². The third-order valence-electron chi connectivity index (χ3n) is 5.48. The van der Waals surface area contributed by atoms with Crippen molar-refractivity contribution in [3.8, 4) is 17.6 Å². The number of carbonyl (C=O) groups excluding carboxylic acids is 4. The van der Waals surface area contributed by atoms with Crippen LogP contribution in [0.5, 0.6) is 5.75 Å². The molecule has 0 saturated carbocycles. The first-order chi connectivity index (χ1) is 17.1. The minimum atomic E-state index is -1.45. The van der Waals surface area contributed by atoms with Crippen LogP contribution in [0.2, 0.25) is 0 Å². The molecule has 0 spiro atoms. The van der Waals surface area contributed by atoms with E-state index in [1.54, 1.807) is 6.92 Å². The number of hydrogen-bond acceptors (Lipinski definition) is 8. The van der Waals surface area contributed by atoms with E-state index in [0.29, 0.717) is 31.4 Å². The summed E-state index contributed by atoms with van der Waals surface area (Å²) in [6.45, 7) is 4.40. The van der Waals surface area contributed by atoms with Crippen molar-refractivity contribution in [3.63, 3.8) is 0 Å². The Morgan fingerprint density at radius 3 is 2.33 bits per heavy atom. The molecule has 0 bridgehead atoms. The molecule has 0 aliphatic carbocycles. The summed E-state index contributed by atoms with van der Waals surface area (Å²) in [6, 6.07) is 5.44. The van der Waals surface area contributed by atoms with Crippen LogP contribution in [0.15, 0.2) is 24.3 Å². The van der Waals surface area contributed by atoms with Crippen molar-refractivity contribution < 1.29 is 42.5 Å². The van der Waals surface area contributed by atoms with Crippen molar-refractivity contribution in [2.75, 3.05) is 20.3 Å². The van der Waals surface area contributed by atoms with Gasteiger partial charge in [-0.3, -0.25) is 19.2 Å². The maximum Gasteiger partial charge on any atom is 0.320 e. The lowest BCUT2D eigenvalue weighted by atomic mass is 9.76. The SMILES string of the molecule is CCOC(=O)C(CC#CCCCC(=O)OC)(CCCC(COc1ccc(F)cc1)OC(C)=O)C(C)=O. The summed E-state index contributed by atoms with van der Waals surface area (Å²) in [4.78, 5) is 48.2. The molecule has 0 fully saturated rings. The predicted octanol–water partition coefficient (Wildman–Crippen LogP) is 4.18. The summed E-state index contributed by atoms with van der Waals surface area (Å²) >= 11 is 0. The molecule has 0 aliphatic rings. The zero-order valence-electron chi connectivity index (χ0n) is 21.4. The van der Waals surface area contributed by atoms with Crippen LogP contribution in [-0.2, 0) is 33.4 Å². The second kappa shape index (κ2) is 16.3. The number of methoxy groups -OCH3 is 1. The van der Waals surface area contributed by atoms with Crippen LogP contribution in [0.3, 0.4) is 0 Å². The van der Waals surface area contributed by atoms with Crippen molar-refractivity contribution in [2.45, 2.75) is 71.8 Å². The maximum absolute atomic E-state index is 13.1. The summed E-state index contributed by atoms with van der Waals surface area (Å²) in [6.07, 6.45) is 1.32. The highest BCUT2D eigenvalue weighted by Gasteiger charge is 2.43. The van der Waals surface area contributed by atoms with E-state index in [9.17, 15) is 23.6 Å². The molecule has 1 aromatic rings. The number of halogens is 1. The fourth-order valence-corrected chi connectivity index (χ4v) is 3.46. The van der Waals surface area contributed by atoms with Gasteiger partial charge < -0.3 is 18.9 Å². The van der Waals surface area contributed by atoms with Gasteiger partial charge in [0.2, 0.25) is 0 Å². The number of unbranched alkanes of at least 4 members (excludes halogenated alkanes) is 1. The molecule has 1 aromatic carbocycles. The van der Waals surface area contributed by atoms with Crippen LogP contribution in [0.4, 0.5) is 4.39 Å². The molecule has 0 radical (unpaired) electrons. The Labute approximate surface area is 211 Å². The fourth-order valence-electron chi connectivity index (χ4n) is 3.46. The summed E-state index contributed by atoms with van der Waals surface area (Å²) in [7, 11) is 1.31. The molecule has 1 rings (SSSR count). The zero-order chi connectivity index (χ0) is 27.0. The molecule has 9 heteroatoms. The maximum atomic E-state index is 13.1. The van der Waals surface area contributed by atoms with E-state index >= 15 is 0 Å². The molecular formula is C27H35FO8. The van der Waals surface area contributed by atoms with E-state index in [1.165, 1.54) is 45.2 Å². The van der Waals surface area contributed by atoms with Crippen LogP contribution in [-0.4, -0.2) is 50.1 Å². The minimum absolute atomic E-state index is 0.0241. The number of esters is 3. The Morgan fingerprint density at radius 2 is 1.75 bits per heavy atom. The molecule has 8 nitrogen and oxygen atoms in total. The number of carbonyl (C=O) groups is 4. The van der Waals surface area contributed by atoms with Crippen molar-refractivity contribution in [3.05, 3.63) is 30.1 Å². The number of Topliss-reactive ketones (excluding diaryl/α,β-unsaturated/α-hetero) is 1. The van der Waals surface area contributed by atoms with Crippen LogP contribution in [0, 0.1) is 23.1 Å². The van der Waals surface area contributed by atoms with E-state index in [0.717, 1.165) is 0 Å². The van der Waals surface area contributed by atoms with Gasteiger partial charge in [0.25, 0.3) is 0 Å². The summed E-state index contributed by atoms with van der Waals surface area (Å²) in [5, 5.41) is 0. The molecule has 0 aliphatic heterocycles. The lowest BCUT2D eigenvalue weighted by Gasteiger charge is -2.28. The van der Waals surface area contributed by atoms with Crippen LogP contribution in [0.25, 0.3) is 0 Å². The predicted molar refractivity (Wildman–Crippen MR) is 129 cm³/mol. The number of benzene rings is 1. The highest BCUT2D eigenvalue weighted by atomic mass is 19.1. The van der Waals surface area contributed by atoms with Gasteiger partial charge in [-0.2, -0.15) is 0 Å². The Morgan fingerprint density at radius 1 is 1.06 bits per heavy atom. The molecule has 0 heterocycles. The number of ether oxygens (including phenoxy) is 4. The second-order valence-electron chi connectivity index (χ2n) is 8.21. The second-order valence-corrected chi connectivity index (χ2v) is 8.21. The lowest BCUT2D eigenvalue weighted by Crippen LogP contribution is -2.39. The van der Waals surface area contributed by atoms with Gasteiger partial charge >= 0.3 is 17.9 Å². The van der Waals surface area contributed by atoms with E-state index in [4.69, 9.17) is 14.2 Å². The van der Waals surface area contributed by atoms with E-state index in [-0.39, 0.29) is 44.2 Å². The average Bonchev–Trinajstić information content (AvgIpc) is 2.83. The average molecular weight is 507 g/mol. The van der Waals surface area contributed by atoms with E-state index in [2.05, 4.69) is 16.6 Å².